The van der Waals surface area contributed by atoms with Gasteiger partial charge in [0.05, 0.1) is 17.6 Å². The van der Waals surface area contributed by atoms with E-state index in [0.29, 0.717) is 17.5 Å². The van der Waals surface area contributed by atoms with Crippen LogP contribution < -0.4 is 16.4 Å². The number of amides is 3. The first-order valence-corrected chi connectivity index (χ1v) is 8.69. The molecule has 0 aliphatic carbocycles. The number of rotatable bonds is 7. The third-order valence-corrected chi connectivity index (χ3v) is 4.10. The topological polar surface area (TPSA) is 156 Å². The van der Waals surface area contributed by atoms with E-state index in [1.165, 1.54) is 10.9 Å². The minimum Gasteiger partial charge on any atom is -0.480 e. The van der Waals surface area contributed by atoms with E-state index in [-0.39, 0.29) is 11.4 Å². The lowest BCUT2D eigenvalue weighted by molar-refractivity contribution is -0.135. The minimum absolute atomic E-state index is 0.0379. The number of aromatic nitrogens is 2. The lowest BCUT2D eigenvalue weighted by atomic mass is 10.0. The Balaban J connectivity index is 1.84. The molecule has 0 spiro atoms. The Morgan fingerprint density at radius 1 is 1.10 bits per heavy atom. The smallest absolute Gasteiger partial charge is 0.322 e. The average molecular weight is 407 g/mol. The van der Waals surface area contributed by atoms with Gasteiger partial charge < -0.3 is 21.5 Å². The molecule has 0 fully saturated rings. The van der Waals surface area contributed by atoms with Gasteiger partial charge in [-0.15, -0.1) is 0 Å². The van der Waals surface area contributed by atoms with Crippen molar-refractivity contribution in [2.45, 2.75) is 0 Å². The maximum atomic E-state index is 11.9. The predicted octanol–water partition coefficient (Wildman–Crippen LogP) is 1.66. The van der Waals surface area contributed by atoms with Crippen molar-refractivity contribution in [3.8, 4) is 16.8 Å². The van der Waals surface area contributed by atoms with E-state index >= 15 is 0 Å². The van der Waals surface area contributed by atoms with Crippen molar-refractivity contribution >= 4 is 29.9 Å². The van der Waals surface area contributed by atoms with E-state index in [1.807, 2.05) is 12.1 Å². The SMILES string of the molecule is NC(=O)Nc1cn(-c2cccc(-c3ccc(C(=O)NCC(=O)O)cc3)c2)nc1C=O. The van der Waals surface area contributed by atoms with E-state index in [2.05, 4.69) is 15.7 Å². The van der Waals surface area contributed by atoms with Crippen LogP contribution in [-0.4, -0.2) is 45.6 Å². The summed E-state index contributed by atoms with van der Waals surface area (Å²) in [6, 6.07) is 13.1. The molecule has 1 aromatic heterocycles. The molecular formula is C20H17N5O5. The number of hydrogen-bond acceptors (Lipinski definition) is 5. The fourth-order valence-electron chi connectivity index (χ4n) is 2.74. The van der Waals surface area contributed by atoms with Gasteiger partial charge in [0.15, 0.2) is 6.29 Å². The van der Waals surface area contributed by atoms with Gasteiger partial charge in [-0.3, -0.25) is 14.4 Å². The third-order valence-electron chi connectivity index (χ3n) is 4.10. The Morgan fingerprint density at radius 2 is 1.83 bits per heavy atom. The van der Waals surface area contributed by atoms with Gasteiger partial charge in [0, 0.05) is 5.56 Å². The molecule has 0 unspecified atom stereocenters. The van der Waals surface area contributed by atoms with Crippen LogP contribution >= 0.6 is 0 Å². The molecule has 3 amide bonds. The predicted molar refractivity (Wildman–Crippen MR) is 108 cm³/mol. The maximum Gasteiger partial charge on any atom is 0.322 e. The summed E-state index contributed by atoms with van der Waals surface area (Å²) in [6.45, 7) is -0.456. The molecule has 0 saturated carbocycles. The molecule has 30 heavy (non-hydrogen) atoms. The number of carbonyl (C=O) groups excluding carboxylic acids is 3. The van der Waals surface area contributed by atoms with Crippen molar-refractivity contribution in [1.82, 2.24) is 15.1 Å². The number of carboxylic acid groups (broad SMARTS) is 1. The molecule has 10 heteroatoms. The Kier molecular flexibility index (Phi) is 5.87. The van der Waals surface area contributed by atoms with Crippen LogP contribution in [0.15, 0.2) is 54.7 Å². The number of urea groups is 1. The number of hydrogen-bond donors (Lipinski definition) is 4. The molecule has 0 radical (unpaired) electrons. The van der Waals surface area contributed by atoms with Crippen LogP contribution in [0.4, 0.5) is 10.5 Å². The van der Waals surface area contributed by atoms with Crippen molar-refractivity contribution in [3.05, 3.63) is 66.0 Å². The number of nitrogens with zero attached hydrogens (tertiary/aromatic N) is 2. The van der Waals surface area contributed by atoms with Crippen molar-refractivity contribution in [3.63, 3.8) is 0 Å². The first-order chi connectivity index (χ1) is 14.4. The summed E-state index contributed by atoms with van der Waals surface area (Å²) in [6.07, 6.45) is 1.99. The van der Waals surface area contributed by atoms with Gasteiger partial charge in [0.2, 0.25) is 0 Å². The third kappa shape index (κ3) is 4.68. The highest BCUT2D eigenvalue weighted by Crippen LogP contribution is 2.24. The van der Waals surface area contributed by atoms with E-state index in [4.69, 9.17) is 10.8 Å². The molecule has 0 bridgehead atoms. The number of primary amides is 1. The molecule has 0 aliphatic heterocycles. The summed E-state index contributed by atoms with van der Waals surface area (Å²) >= 11 is 0. The molecule has 2 aromatic carbocycles. The Bertz CT molecular complexity index is 1120. The van der Waals surface area contributed by atoms with Crippen molar-refractivity contribution in [2.24, 2.45) is 5.73 Å². The van der Waals surface area contributed by atoms with Gasteiger partial charge in [-0.2, -0.15) is 5.10 Å². The molecular weight excluding hydrogens is 390 g/mol. The summed E-state index contributed by atoms with van der Waals surface area (Å²) in [5, 5.41) is 17.4. The Morgan fingerprint density at radius 3 is 2.47 bits per heavy atom. The fourth-order valence-corrected chi connectivity index (χ4v) is 2.74. The monoisotopic (exact) mass is 407 g/mol. The van der Waals surface area contributed by atoms with Gasteiger partial charge in [-0.1, -0.05) is 24.3 Å². The molecule has 0 saturated heterocycles. The number of anilines is 1. The summed E-state index contributed by atoms with van der Waals surface area (Å²) < 4.78 is 1.44. The molecule has 3 rings (SSSR count). The molecule has 152 valence electrons. The first-order valence-electron chi connectivity index (χ1n) is 8.69. The van der Waals surface area contributed by atoms with Crippen LogP contribution in [0.2, 0.25) is 0 Å². The second kappa shape index (κ2) is 8.69. The number of benzene rings is 2. The fraction of sp³-hybridized carbons (Fsp3) is 0.0500. The van der Waals surface area contributed by atoms with Crippen LogP contribution in [0.1, 0.15) is 20.8 Å². The number of nitrogens with two attached hydrogens (primary N) is 1. The summed E-state index contributed by atoms with van der Waals surface area (Å²) in [5.74, 6) is -1.60. The first kappa shape index (κ1) is 20.3. The lowest BCUT2D eigenvalue weighted by Gasteiger charge is -2.07. The summed E-state index contributed by atoms with van der Waals surface area (Å²) in [7, 11) is 0. The van der Waals surface area contributed by atoms with E-state index in [1.54, 1.807) is 36.4 Å². The zero-order valence-electron chi connectivity index (χ0n) is 15.5. The highest BCUT2D eigenvalue weighted by molar-refractivity contribution is 5.96. The molecule has 10 nitrogen and oxygen atoms in total. The molecule has 1 heterocycles. The number of aliphatic carboxylic acids is 1. The normalized spacial score (nSPS) is 10.3. The van der Waals surface area contributed by atoms with Crippen molar-refractivity contribution < 1.29 is 24.3 Å². The number of carboxylic acids is 1. The Hall–Kier alpha value is -4.47. The second-order valence-electron chi connectivity index (χ2n) is 6.18. The van der Waals surface area contributed by atoms with Crippen molar-refractivity contribution in [1.29, 1.82) is 0 Å². The largest absolute Gasteiger partial charge is 0.480 e. The Labute approximate surface area is 170 Å². The van der Waals surface area contributed by atoms with E-state index in [0.717, 1.165) is 11.1 Å². The molecule has 3 aromatic rings. The standard InChI is InChI=1S/C20H17N5O5/c21-20(30)23-16-10-25(24-17(16)11-26)15-3-1-2-14(8-15)12-4-6-13(7-5-12)19(29)22-9-18(27)28/h1-8,10-11H,9H2,(H,22,29)(H,27,28)(H3,21,23,30). The second-order valence-corrected chi connectivity index (χ2v) is 6.18. The van der Waals surface area contributed by atoms with Crippen LogP contribution in [0.25, 0.3) is 16.8 Å². The van der Waals surface area contributed by atoms with E-state index in [9.17, 15) is 19.2 Å². The quantitative estimate of drug-likeness (QED) is 0.436. The van der Waals surface area contributed by atoms with Gasteiger partial charge >= 0.3 is 12.0 Å². The average Bonchev–Trinajstić information content (AvgIpc) is 3.14. The van der Waals surface area contributed by atoms with Gasteiger partial charge in [-0.25, -0.2) is 9.48 Å². The van der Waals surface area contributed by atoms with Crippen LogP contribution in [-0.2, 0) is 4.79 Å². The zero-order valence-corrected chi connectivity index (χ0v) is 15.5. The van der Waals surface area contributed by atoms with Gasteiger partial charge in [0.25, 0.3) is 5.91 Å². The maximum absolute atomic E-state index is 11.9. The number of nitrogens with one attached hydrogen (secondary N) is 2. The zero-order chi connectivity index (χ0) is 21.7. The molecule has 0 atom stereocenters. The number of aldehydes is 1. The van der Waals surface area contributed by atoms with Crippen LogP contribution in [0.3, 0.4) is 0 Å². The molecule has 5 N–H and O–H groups in total. The molecule has 0 aliphatic rings. The van der Waals surface area contributed by atoms with Crippen molar-refractivity contribution in [2.75, 3.05) is 11.9 Å². The summed E-state index contributed by atoms with van der Waals surface area (Å²) in [4.78, 5) is 44.7. The minimum atomic E-state index is -1.12. The lowest BCUT2D eigenvalue weighted by Crippen LogP contribution is -2.29. The number of carbonyl (C=O) groups is 4. The van der Waals surface area contributed by atoms with Gasteiger partial charge in [-0.05, 0) is 35.4 Å². The highest BCUT2D eigenvalue weighted by atomic mass is 16.4. The van der Waals surface area contributed by atoms with Crippen LogP contribution in [0.5, 0.6) is 0 Å². The summed E-state index contributed by atoms with van der Waals surface area (Å²) in [5.41, 5.74) is 7.93. The highest BCUT2D eigenvalue weighted by Gasteiger charge is 2.12. The van der Waals surface area contributed by atoms with Crippen LogP contribution in [0, 0.1) is 0 Å². The van der Waals surface area contributed by atoms with Gasteiger partial charge in [0.1, 0.15) is 12.2 Å². The van der Waals surface area contributed by atoms with E-state index < -0.39 is 24.5 Å².